The van der Waals surface area contributed by atoms with Crippen LogP contribution in [0.25, 0.3) is 0 Å². The summed E-state index contributed by atoms with van der Waals surface area (Å²) in [5, 5.41) is 0. The molecule has 0 spiro atoms. The minimum atomic E-state index is -0.0355. The summed E-state index contributed by atoms with van der Waals surface area (Å²) in [5.41, 5.74) is 4.74. The zero-order valence-corrected chi connectivity index (χ0v) is 17.4. The molecule has 2 atom stereocenters. The predicted octanol–water partition coefficient (Wildman–Crippen LogP) is 6.14. The Bertz CT molecular complexity index is 933. The molecule has 1 aliphatic rings. The lowest BCUT2D eigenvalue weighted by molar-refractivity contribution is -0.0207. The molecule has 0 saturated carbocycles. The van der Waals surface area contributed by atoms with Gasteiger partial charge in [-0.2, -0.15) is 0 Å². The molecule has 0 N–H and O–H groups in total. The second kappa shape index (κ2) is 10.2. The Morgan fingerprint density at radius 2 is 1.40 bits per heavy atom. The van der Waals surface area contributed by atoms with Crippen molar-refractivity contribution in [3.63, 3.8) is 0 Å². The first-order chi connectivity index (χ1) is 14.8. The summed E-state index contributed by atoms with van der Waals surface area (Å²) in [7, 11) is 0. The maximum absolute atomic E-state index is 6.29. The van der Waals surface area contributed by atoms with E-state index in [0.717, 1.165) is 17.7 Å². The van der Waals surface area contributed by atoms with Crippen molar-refractivity contribution in [2.24, 2.45) is 0 Å². The highest BCUT2D eigenvalue weighted by molar-refractivity contribution is 5.25. The van der Waals surface area contributed by atoms with Crippen molar-refractivity contribution in [2.45, 2.75) is 38.8 Å². The molecule has 3 aromatic rings. The van der Waals surface area contributed by atoms with Crippen LogP contribution in [0.4, 0.5) is 0 Å². The molecule has 3 heteroatoms. The monoisotopic (exact) mass is 400 g/mol. The highest BCUT2D eigenvalue weighted by atomic mass is 16.5. The molecule has 0 amide bonds. The predicted molar refractivity (Wildman–Crippen MR) is 119 cm³/mol. The maximum Gasteiger partial charge on any atom is 0.126 e. The van der Waals surface area contributed by atoms with Crippen molar-refractivity contribution in [3.05, 3.63) is 119 Å². The largest absolute Gasteiger partial charge is 0.488 e. The Morgan fingerprint density at radius 3 is 2.07 bits per heavy atom. The van der Waals surface area contributed by atoms with Crippen LogP contribution in [0.1, 0.15) is 34.8 Å². The third kappa shape index (κ3) is 5.82. The first kappa shape index (κ1) is 20.4. The van der Waals surface area contributed by atoms with Gasteiger partial charge in [-0.05, 0) is 29.7 Å². The van der Waals surface area contributed by atoms with Crippen molar-refractivity contribution in [2.75, 3.05) is 6.61 Å². The van der Waals surface area contributed by atoms with Crippen molar-refractivity contribution in [1.29, 1.82) is 0 Å². The van der Waals surface area contributed by atoms with E-state index in [1.165, 1.54) is 16.7 Å². The lowest BCUT2D eigenvalue weighted by atomic mass is 9.99. The molecule has 1 aliphatic heterocycles. The van der Waals surface area contributed by atoms with Gasteiger partial charge in [0.1, 0.15) is 18.5 Å². The molecule has 1 heterocycles. The molecule has 4 rings (SSSR count). The molecule has 0 radical (unpaired) electrons. The molecule has 154 valence electrons. The Morgan fingerprint density at radius 1 is 0.767 bits per heavy atom. The smallest absolute Gasteiger partial charge is 0.126 e. The Kier molecular flexibility index (Phi) is 6.96. The van der Waals surface area contributed by atoms with Gasteiger partial charge in [-0.15, -0.1) is 0 Å². The van der Waals surface area contributed by atoms with E-state index in [2.05, 4.69) is 61.5 Å². The maximum atomic E-state index is 6.29. The van der Waals surface area contributed by atoms with Crippen LogP contribution in [0.15, 0.2) is 96.8 Å². The number of rotatable bonds is 8. The fourth-order valence-electron chi connectivity index (χ4n) is 3.56. The van der Waals surface area contributed by atoms with Crippen LogP contribution >= 0.6 is 0 Å². The SMILES string of the molecule is Cc1ccc(C2CC(OCc3ccccc3)C=C(COCc3ccccc3)O2)cc1. The zero-order valence-electron chi connectivity index (χ0n) is 17.4. The molecule has 30 heavy (non-hydrogen) atoms. The van der Waals surface area contributed by atoms with E-state index in [-0.39, 0.29) is 12.2 Å². The van der Waals surface area contributed by atoms with E-state index in [1.54, 1.807) is 0 Å². The number of hydrogen-bond donors (Lipinski definition) is 0. The van der Waals surface area contributed by atoms with Crippen molar-refractivity contribution < 1.29 is 14.2 Å². The number of benzene rings is 3. The highest BCUT2D eigenvalue weighted by Gasteiger charge is 2.25. The minimum Gasteiger partial charge on any atom is -0.488 e. The van der Waals surface area contributed by atoms with E-state index in [1.807, 2.05) is 36.4 Å². The van der Waals surface area contributed by atoms with Gasteiger partial charge in [0.2, 0.25) is 0 Å². The van der Waals surface area contributed by atoms with Gasteiger partial charge >= 0.3 is 0 Å². The Balaban J connectivity index is 1.42. The quantitative estimate of drug-likeness (QED) is 0.454. The summed E-state index contributed by atoms with van der Waals surface area (Å²) >= 11 is 0. The molecular weight excluding hydrogens is 372 g/mol. The second-order valence-electron chi connectivity index (χ2n) is 7.70. The van der Waals surface area contributed by atoms with E-state index in [9.17, 15) is 0 Å². The molecule has 0 aliphatic carbocycles. The molecule has 3 nitrogen and oxygen atoms in total. The van der Waals surface area contributed by atoms with Gasteiger partial charge in [0.25, 0.3) is 0 Å². The lowest BCUT2D eigenvalue weighted by Gasteiger charge is -2.30. The highest BCUT2D eigenvalue weighted by Crippen LogP contribution is 2.32. The summed E-state index contributed by atoms with van der Waals surface area (Å²) < 4.78 is 18.4. The first-order valence-corrected chi connectivity index (χ1v) is 10.5. The molecule has 0 saturated heterocycles. The van der Waals surface area contributed by atoms with Crippen LogP contribution in [-0.4, -0.2) is 12.7 Å². The minimum absolute atomic E-state index is 0.0133. The molecule has 0 bridgehead atoms. The van der Waals surface area contributed by atoms with Gasteiger partial charge in [0.15, 0.2) is 0 Å². The van der Waals surface area contributed by atoms with Crippen molar-refractivity contribution in [1.82, 2.24) is 0 Å². The van der Waals surface area contributed by atoms with E-state index < -0.39 is 0 Å². The first-order valence-electron chi connectivity index (χ1n) is 10.5. The molecule has 0 fully saturated rings. The van der Waals surface area contributed by atoms with Crippen LogP contribution in [0.5, 0.6) is 0 Å². The van der Waals surface area contributed by atoms with Crippen molar-refractivity contribution >= 4 is 0 Å². The molecule has 0 aromatic heterocycles. The van der Waals surface area contributed by atoms with E-state index in [4.69, 9.17) is 14.2 Å². The fraction of sp³-hybridized carbons (Fsp3) is 0.259. The summed E-state index contributed by atoms with van der Waals surface area (Å²) in [6.07, 6.45) is 2.81. The average molecular weight is 401 g/mol. The van der Waals surface area contributed by atoms with Crippen LogP contribution < -0.4 is 0 Å². The van der Waals surface area contributed by atoms with E-state index >= 15 is 0 Å². The Hall–Kier alpha value is -2.88. The zero-order chi connectivity index (χ0) is 20.6. The van der Waals surface area contributed by atoms with Crippen molar-refractivity contribution in [3.8, 4) is 0 Å². The summed E-state index contributed by atoms with van der Waals surface area (Å²) in [4.78, 5) is 0. The molecule has 3 aromatic carbocycles. The van der Waals surface area contributed by atoms with Gasteiger partial charge in [0, 0.05) is 6.42 Å². The fourth-order valence-corrected chi connectivity index (χ4v) is 3.56. The van der Waals surface area contributed by atoms with Gasteiger partial charge in [0.05, 0.1) is 19.3 Å². The number of ether oxygens (including phenoxy) is 3. The summed E-state index contributed by atoms with van der Waals surface area (Å²) in [6.45, 7) is 3.68. The van der Waals surface area contributed by atoms with Gasteiger partial charge in [-0.1, -0.05) is 90.5 Å². The number of hydrogen-bond acceptors (Lipinski definition) is 3. The molecule has 2 unspecified atom stereocenters. The second-order valence-corrected chi connectivity index (χ2v) is 7.70. The Labute approximate surface area is 178 Å². The lowest BCUT2D eigenvalue weighted by Crippen LogP contribution is -2.24. The standard InChI is InChI=1S/C27H28O3/c1-21-12-14-24(15-13-21)27-17-25(29-19-23-10-6-3-7-11-23)16-26(30-27)20-28-18-22-8-4-2-5-9-22/h2-16,25,27H,17-20H2,1H3. The van der Waals surface area contributed by atoms with E-state index in [0.29, 0.717) is 19.8 Å². The van der Waals surface area contributed by atoms with Crippen LogP contribution in [0, 0.1) is 6.92 Å². The van der Waals surface area contributed by atoms with Crippen LogP contribution in [0.2, 0.25) is 0 Å². The molecular formula is C27H28O3. The third-order valence-corrected chi connectivity index (χ3v) is 5.22. The normalized spacial score (nSPS) is 18.5. The summed E-state index contributed by atoms with van der Waals surface area (Å²) in [5.74, 6) is 0.834. The van der Waals surface area contributed by atoms with Gasteiger partial charge in [-0.25, -0.2) is 0 Å². The van der Waals surface area contributed by atoms with Gasteiger partial charge < -0.3 is 14.2 Å². The van der Waals surface area contributed by atoms with Crippen LogP contribution in [-0.2, 0) is 27.4 Å². The van der Waals surface area contributed by atoms with Crippen LogP contribution in [0.3, 0.4) is 0 Å². The van der Waals surface area contributed by atoms with Gasteiger partial charge in [-0.3, -0.25) is 0 Å². The average Bonchev–Trinajstić information content (AvgIpc) is 2.79. The number of aryl methyl sites for hydroxylation is 1. The third-order valence-electron chi connectivity index (χ3n) is 5.22. The summed E-state index contributed by atoms with van der Waals surface area (Å²) in [6, 6.07) is 29.0. The topological polar surface area (TPSA) is 27.7 Å².